The van der Waals surface area contributed by atoms with Crippen LogP contribution in [0.25, 0.3) is 27.9 Å². The fraction of sp³-hybridized carbons (Fsp3) is 0.136. The molecule has 0 aliphatic heterocycles. The molecule has 0 radical (unpaired) electrons. The lowest BCUT2D eigenvalue weighted by Gasteiger charge is -2.11. The number of hydrogen-bond acceptors (Lipinski definition) is 6. The lowest BCUT2D eigenvalue weighted by molar-refractivity contribution is 0.112. The Morgan fingerprint density at radius 1 is 1.07 bits per heavy atom. The van der Waals surface area contributed by atoms with Crippen molar-refractivity contribution in [3.05, 3.63) is 70.2 Å². The van der Waals surface area contributed by atoms with Gasteiger partial charge in [0.2, 0.25) is 0 Å². The van der Waals surface area contributed by atoms with Crippen molar-refractivity contribution in [3.8, 4) is 28.4 Å². The van der Waals surface area contributed by atoms with Gasteiger partial charge in [0.1, 0.15) is 17.2 Å². The molecule has 0 N–H and O–H groups in total. The predicted octanol–water partition coefficient (Wildman–Crippen LogP) is 3.78. The molecule has 0 aliphatic rings. The minimum Gasteiger partial charge on any atom is -0.497 e. The highest BCUT2D eigenvalue weighted by molar-refractivity contribution is 6.00. The summed E-state index contributed by atoms with van der Waals surface area (Å²) in [5.41, 5.74) is 2.53. The quantitative estimate of drug-likeness (QED) is 0.381. The molecule has 2 aromatic carbocycles. The number of aromatic nitrogens is 2. The first kappa shape index (κ1) is 18.5. The monoisotopic (exact) mass is 390 g/mol. The van der Waals surface area contributed by atoms with Crippen molar-refractivity contribution in [2.24, 2.45) is 0 Å². The van der Waals surface area contributed by atoms with Gasteiger partial charge in [-0.3, -0.25) is 4.79 Å². The van der Waals surface area contributed by atoms with Crippen molar-refractivity contribution in [1.29, 1.82) is 0 Å². The van der Waals surface area contributed by atoms with E-state index in [0.29, 0.717) is 40.2 Å². The van der Waals surface area contributed by atoms with Gasteiger partial charge in [0.05, 0.1) is 31.0 Å². The van der Waals surface area contributed by atoms with Crippen LogP contribution in [-0.4, -0.2) is 30.3 Å². The summed E-state index contributed by atoms with van der Waals surface area (Å²) in [4.78, 5) is 23.8. The summed E-state index contributed by atoms with van der Waals surface area (Å²) in [6.07, 6.45) is 2.34. The summed E-state index contributed by atoms with van der Waals surface area (Å²) in [5, 5.41) is 5.34. The zero-order chi connectivity index (χ0) is 20.5. The molecule has 29 heavy (non-hydrogen) atoms. The van der Waals surface area contributed by atoms with E-state index in [2.05, 4.69) is 5.10 Å². The number of nitrogens with zero attached hydrogens (tertiary/aromatic N) is 2. The SMILES string of the molecule is COc1ccc(-n2cc(C=O)c(-c3c(OC)ccc4c(C)cc(=O)oc34)n2)cc1. The number of carbonyl (C=O) groups is 1. The number of rotatable bonds is 5. The van der Waals surface area contributed by atoms with Crippen LogP contribution in [0.2, 0.25) is 0 Å². The first-order valence-electron chi connectivity index (χ1n) is 8.86. The lowest BCUT2D eigenvalue weighted by atomic mass is 10.0. The van der Waals surface area contributed by atoms with Crippen LogP contribution in [0.3, 0.4) is 0 Å². The highest BCUT2D eigenvalue weighted by atomic mass is 16.5. The van der Waals surface area contributed by atoms with E-state index >= 15 is 0 Å². The summed E-state index contributed by atoms with van der Waals surface area (Å²) in [5.74, 6) is 1.17. The van der Waals surface area contributed by atoms with Crippen molar-refractivity contribution in [2.75, 3.05) is 14.2 Å². The molecule has 146 valence electrons. The van der Waals surface area contributed by atoms with Gasteiger partial charge in [-0.05, 0) is 48.9 Å². The molecule has 0 spiro atoms. The standard InChI is InChI=1S/C22H18N2O5/c1-13-10-19(26)29-22-17(13)8-9-18(28-3)20(22)21-14(12-25)11-24(23-21)15-4-6-16(27-2)7-5-15/h4-12H,1-3H3. The maximum atomic E-state index is 12.0. The van der Waals surface area contributed by atoms with E-state index in [1.54, 1.807) is 36.2 Å². The van der Waals surface area contributed by atoms with Gasteiger partial charge >= 0.3 is 5.63 Å². The second-order valence-electron chi connectivity index (χ2n) is 6.46. The van der Waals surface area contributed by atoms with Crippen LogP contribution in [0.15, 0.2) is 57.9 Å². The highest BCUT2D eigenvalue weighted by Gasteiger charge is 2.21. The van der Waals surface area contributed by atoms with Gasteiger partial charge in [0, 0.05) is 17.6 Å². The topological polar surface area (TPSA) is 83.6 Å². The Kier molecular flexibility index (Phi) is 4.64. The summed E-state index contributed by atoms with van der Waals surface area (Å²) in [6, 6.07) is 12.3. The number of ether oxygens (including phenoxy) is 2. The molecule has 0 saturated carbocycles. The Bertz CT molecular complexity index is 1270. The minimum atomic E-state index is -0.480. The van der Waals surface area contributed by atoms with Gasteiger partial charge in [-0.1, -0.05) is 0 Å². The molecule has 2 heterocycles. The number of aryl methyl sites for hydroxylation is 1. The van der Waals surface area contributed by atoms with Gasteiger partial charge in [-0.15, -0.1) is 0 Å². The molecule has 7 heteroatoms. The van der Waals surface area contributed by atoms with Crippen molar-refractivity contribution in [3.63, 3.8) is 0 Å². The van der Waals surface area contributed by atoms with E-state index in [1.165, 1.54) is 13.2 Å². The third kappa shape index (κ3) is 3.16. The second-order valence-corrected chi connectivity index (χ2v) is 6.46. The smallest absolute Gasteiger partial charge is 0.336 e. The zero-order valence-corrected chi connectivity index (χ0v) is 16.1. The van der Waals surface area contributed by atoms with Crippen LogP contribution in [0.1, 0.15) is 15.9 Å². The van der Waals surface area contributed by atoms with Crippen LogP contribution in [-0.2, 0) is 0 Å². The largest absolute Gasteiger partial charge is 0.497 e. The number of benzene rings is 2. The molecule has 2 aromatic heterocycles. The fourth-order valence-electron chi connectivity index (χ4n) is 3.30. The molecule has 0 bridgehead atoms. The van der Waals surface area contributed by atoms with Crippen LogP contribution in [0.4, 0.5) is 0 Å². The van der Waals surface area contributed by atoms with Crippen LogP contribution in [0, 0.1) is 6.92 Å². The summed E-state index contributed by atoms with van der Waals surface area (Å²) in [7, 11) is 3.10. The Morgan fingerprint density at radius 3 is 2.48 bits per heavy atom. The molecule has 0 unspecified atom stereocenters. The van der Waals surface area contributed by atoms with Gasteiger partial charge in [-0.2, -0.15) is 5.10 Å². The summed E-state index contributed by atoms with van der Waals surface area (Å²) >= 11 is 0. The summed E-state index contributed by atoms with van der Waals surface area (Å²) in [6.45, 7) is 1.83. The number of methoxy groups -OCH3 is 2. The van der Waals surface area contributed by atoms with Crippen molar-refractivity contribution in [2.45, 2.75) is 6.92 Å². The Balaban J connectivity index is 1.99. The second kappa shape index (κ2) is 7.27. The van der Waals surface area contributed by atoms with E-state index < -0.39 is 5.63 Å². The number of carbonyl (C=O) groups excluding carboxylic acids is 1. The van der Waals surface area contributed by atoms with Gasteiger partial charge in [-0.25, -0.2) is 9.48 Å². The fourth-order valence-corrected chi connectivity index (χ4v) is 3.30. The van der Waals surface area contributed by atoms with Crippen molar-refractivity contribution in [1.82, 2.24) is 9.78 Å². The van der Waals surface area contributed by atoms with Crippen LogP contribution in [0.5, 0.6) is 11.5 Å². The normalized spacial score (nSPS) is 10.9. The molecule has 7 nitrogen and oxygen atoms in total. The third-order valence-electron chi connectivity index (χ3n) is 4.74. The molecule has 0 fully saturated rings. The van der Waals surface area contributed by atoms with Gasteiger partial charge < -0.3 is 13.9 Å². The van der Waals surface area contributed by atoms with E-state index in [4.69, 9.17) is 13.9 Å². The first-order chi connectivity index (χ1) is 14.0. The summed E-state index contributed by atoms with van der Waals surface area (Å²) < 4.78 is 17.8. The van der Waals surface area contributed by atoms with Gasteiger partial charge in [0.15, 0.2) is 11.9 Å². The maximum absolute atomic E-state index is 12.0. The zero-order valence-electron chi connectivity index (χ0n) is 16.1. The highest BCUT2D eigenvalue weighted by Crippen LogP contribution is 2.38. The predicted molar refractivity (Wildman–Crippen MR) is 108 cm³/mol. The average molecular weight is 390 g/mol. The van der Waals surface area contributed by atoms with E-state index in [9.17, 15) is 9.59 Å². The Hall–Kier alpha value is -3.87. The number of hydrogen-bond donors (Lipinski definition) is 0. The Labute approximate surface area is 166 Å². The van der Waals surface area contributed by atoms with E-state index in [1.807, 2.05) is 25.1 Å². The molecule has 0 atom stereocenters. The van der Waals surface area contributed by atoms with Crippen LogP contribution < -0.4 is 15.1 Å². The third-order valence-corrected chi connectivity index (χ3v) is 4.74. The maximum Gasteiger partial charge on any atom is 0.336 e. The van der Waals surface area contributed by atoms with E-state index in [0.717, 1.165) is 16.6 Å². The van der Waals surface area contributed by atoms with Crippen molar-refractivity contribution >= 4 is 17.3 Å². The molecule has 0 amide bonds. The minimum absolute atomic E-state index is 0.331. The number of fused-ring (bicyclic) bond motifs is 1. The molecular formula is C22H18N2O5. The van der Waals surface area contributed by atoms with Crippen LogP contribution >= 0.6 is 0 Å². The molecule has 0 saturated heterocycles. The Morgan fingerprint density at radius 2 is 1.83 bits per heavy atom. The molecule has 0 aliphatic carbocycles. The van der Waals surface area contributed by atoms with Crippen molar-refractivity contribution < 1.29 is 18.7 Å². The van der Waals surface area contributed by atoms with Gasteiger partial charge in [0.25, 0.3) is 0 Å². The first-order valence-corrected chi connectivity index (χ1v) is 8.86. The molecule has 4 rings (SSSR count). The number of aldehydes is 1. The molecule has 4 aromatic rings. The average Bonchev–Trinajstić information content (AvgIpc) is 3.16. The molecular weight excluding hydrogens is 372 g/mol. The lowest BCUT2D eigenvalue weighted by Crippen LogP contribution is -2.01. The van der Waals surface area contributed by atoms with E-state index in [-0.39, 0.29) is 0 Å².